The molecule has 4 nitrogen and oxygen atoms in total. The van der Waals surface area contributed by atoms with E-state index < -0.39 is 8.60 Å². The number of nitrogens with zero attached hydrogens (tertiary/aromatic N) is 1. The summed E-state index contributed by atoms with van der Waals surface area (Å²) >= 11 is 0. The zero-order valence-corrected chi connectivity index (χ0v) is 9.82. The second kappa shape index (κ2) is 5.89. The highest BCUT2D eigenvalue weighted by molar-refractivity contribution is 7.39. The van der Waals surface area contributed by atoms with Crippen molar-refractivity contribution in [1.29, 1.82) is 0 Å². The largest absolute Gasteiger partial charge is 0.328 e. The molecular weight excluding hydrogens is 189 g/mol. The van der Waals surface area contributed by atoms with E-state index in [-0.39, 0.29) is 6.23 Å². The van der Waals surface area contributed by atoms with Crippen LogP contribution in [0.25, 0.3) is 0 Å². The normalized spacial score (nSPS) is 15.0. The fourth-order valence-corrected chi connectivity index (χ4v) is 2.01. The molecule has 0 aromatic heterocycles. The fourth-order valence-electron chi connectivity index (χ4n) is 1.63. The SMILES string of the molecule is CC(C)N(C(C)C)C(C)OP(O)O. The Labute approximate surface area is 81.5 Å². The second-order valence-electron chi connectivity index (χ2n) is 3.59. The maximum Gasteiger partial charge on any atom is 0.328 e. The molecule has 2 N–H and O–H groups in total. The molecule has 5 heteroatoms. The van der Waals surface area contributed by atoms with Gasteiger partial charge in [-0.1, -0.05) is 0 Å². The van der Waals surface area contributed by atoms with E-state index in [4.69, 9.17) is 14.3 Å². The van der Waals surface area contributed by atoms with Crippen molar-refractivity contribution in [2.45, 2.75) is 52.9 Å². The van der Waals surface area contributed by atoms with E-state index in [1.54, 1.807) is 0 Å². The van der Waals surface area contributed by atoms with Crippen molar-refractivity contribution in [3.05, 3.63) is 0 Å². The highest BCUT2D eigenvalue weighted by atomic mass is 31.2. The number of rotatable bonds is 5. The van der Waals surface area contributed by atoms with Crippen LogP contribution in [-0.4, -0.2) is 33.0 Å². The van der Waals surface area contributed by atoms with Crippen LogP contribution in [-0.2, 0) is 4.52 Å². The third kappa shape index (κ3) is 4.89. The Bertz CT molecular complexity index is 133. The minimum absolute atomic E-state index is 0.263. The van der Waals surface area contributed by atoms with Crippen LogP contribution in [0.1, 0.15) is 34.6 Å². The smallest absolute Gasteiger partial charge is 0.328 e. The molecule has 0 aliphatic carbocycles. The lowest BCUT2D eigenvalue weighted by atomic mass is 10.2. The van der Waals surface area contributed by atoms with Gasteiger partial charge in [0.1, 0.15) is 6.23 Å². The van der Waals surface area contributed by atoms with Crippen LogP contribution < -0.4 is 0 Å². The first-order valence-corrected chi connectivity index (χ1v) is 5.64. The average molecular weight is 209 g/mol. The van der Waals surface area contributed by atoms with Crippen LogP contribution >= 0.6 is 8.60 Å². The van der Waals surface area contributed by atoms with Crippen LogP contribution in [0, 0.1) is 0 Å². The van der Waals surface area contributed by atoms with Crippen molar-refractivity contribution in [1.82, 2.24) is 4.90 Å². The molecule has 0 radical (unpaired) electrons. The summed E-state index contributed by atoms with van der Waals surface area (Å²) in [4.78, 5) is 19.5. The molecule has 80 valence electrons. The molecule has 13 heavy (non-hydrogen) atoms. The average Bonchev–Trinajstić information content (AvgIpc) is 1.81. The van der Waals surface area contributed by atoms with Crippen LogP contribution in [0.3, 0.4) is 0 Å². The lowest BCUT2D eigenvalue weighted by Gasteiger charge is -2.35. The number of hydrogen-bond acceptors (Lipinski definition) is 4. The summed E-state index contributed by atoms with van der Waals surface area (Å²) in [6, 6.07) is 0.648. The van der Waals surface area contributed by atoms with Gasteiger partial charge >= 0.3 is 8.60 Å². The van der Waals surface area contributed by atoms with Gasteiger partial charge in [0.25, 0.3) is 0 Å². The lowest BCUT2D eigenvalue weighted by molar-refractivity contribution is -0.0120. The third-order valence-electron chi connectivity index (χ3n) is 1.86. The zero-order chi connectivity index (χ0) is 10.6. The third-order valence-corrected chi connectivity index (χ3v) is 2.35. The second-order valence-corrected chi connectivity index (χ2v) is 4.31. The van der Waals surface area contributed by atoms with E-state index in [1.165, 1.54) is 0 Å². The topological polar surface area (TPSA) is 52.9 Å². The first-order chi connectivity index (χ1) is 5.86. The van der Waals surface area contributed by atoms with E-state index >= 15 is 0 Å². The Morgan fingerprint density at radius 1 is 1.00 bits per heavy atom. The summed E-state index contributed by atoms with van der Waals surface area (Å²) in [5.41, 5.74) is 0. The lowest BCUT2D eigenvalue weighted by Crippen LogP contribution is -2.44. The molecular formula is C8H20NO3P. The Morgan fingerprint density at radius 2 is 1.38 bits per heavy atom. The molecule has 0 bridgehead atoms. The molecule has 0 aliphatic heterocycles. The van der Waals surface area contributed by atoms with Gasteiger partial charge in [0.05, 0.1) is 0 Å². The van der Waals surface area contributed by atoms with Gasteiger partial charge in [-0.05, 0) is 34.6 Å². The van der Waals surface area contributed by atoms with E-state index in [9.17, 15) is 0 Å². The van der Waals surface area contributed by atoms with E-state index in [0.717, 1.165) is 0 Å². The van der Waals surface area contributed by atoms with Gasteiger partial charge in [0, 0.05) is 12.1 Å². The zero-order valence-electron chi connectivity index (χ0n) is 8.93. The summed E-state index contributed by atoms with van der Waals surface area (Å²) in [6.45, 7) is 10.0. The molecule has 0 saturated carbocycles. The van der Waals surface area contributed by atoms with Crippen molar-refractivity contribution in [2.24, 2.45) is 0 Å². The molecule has 0 amide bonds. The van der Waals surface area contributed by atoms with Gasteiger partial charge in [-0.25, -0.2) is 0 Å². The monoisotopic (exact) mass is 209 g/mol. The van der Waals surface area contributed by atoms with Gasteiger partial charge in [-0.2, -0.15) is 0 Å². The quantitative estimate of drug-likeness (QED) is 0.534. The van der Waals surface area contributed by atoms with Crippen LogP contribution in [0.5, 0.6) is 0 Å². The molecule has 0 fully saturated rings. The van der Waals surface area contributed by atoms with E-state index in [2.05, 4.69) is 32.6 Å². The van der Waals surface area contributed by atoms with Crippen molar-refractivity contribution in [3.8, 4) is 0 Å². The summed E-state index contributed by atoms with van der Waals surface area (Å²) in [5, 5.41) is 0. The van der Waals surface area contributed by atoms with E-state index in [1.807, 2.05) is 6.92 Å². The van der Waals surface area contributed by atoms with Crippen molar-refractivity contribution in [3.63, 3.8) is 0 Å². The van der Waals surface area contributed by atoms with Crippen molar-refractivity contribution in [2.75, 3.05) is 0 Å². The highest BCUT2D eigenvalue weighted by Gasteiger charge is 2.22. The predicted octanol–water partition coefficient (Wildman–Crippen LogP) is 1.68. The summed E-state index contributed by atoms with van der Waals surface area (Å²) in [5.74, 6) is 0. The van der Waals surface area contributed by atoms with Crippen molar-refractivity contribution >= 4 is 8.60 Å². The minimum Gasteiger partial charge on any atom is -0.328 e. The highest BCUT2D eigenvalue weighted by Crippen LogP contribution is 2.29. The van der Waals surface area contributed by atoms with Crippen LogP contribution in [0.4, 0.5) is 0 Å². The molecule has 0 aliphatic rings. The fraction of sp³-hybridized carbons (Fsp3) is 1.00. The van der Waals surface area contributed by atoms with Gasteiger partial charge in [-0.15, -0.1) is 0 Å². The van der Waals surface area contributed by atoms with Gasteiger partial charge in [0.2, 0.25) is 0 Å². The van der Waals surface area contributed by atoms with Crippen LogP contribution in [0.15, 0.2) is 0 Å². The van der Waals surface area contributed by atoms with E-state index in [0.29, 0.717) is 12.1 Å². The minimum atomic E-state index is -2.26. The Balaban J connectivity index is 4.20. The maximum atomic E-state index is 8.71. The molecule has 0 saturated heterocycles. The van der Waals surface area contributed by atoms with Gasteiger partial charge in [-0.3, -0.25) is 9.42 Å². The molecule has 0 heterocycles. The summed E-state index contributed by atoms with van der Waals surface area (Å²) < 4.78 is 4.94. The van der Waals surface area contributed by atoms with Crippen molar-refractivity contribution < 1.29 is 14.3 Å². The predicted molar refractivity (Wildman–Crippen MR) is 54.0 cm³/mol. The Hall–Kier alpha value is 0.270. The summed E-state index contributed by atoms with van der Waals surface area (Å²) in [7, 11) is -2.26. The molecule has 0 rings (SSSR count). The Kier molecular flexibility index (Phi) is 6.01. The number of hydrogen-bond donors (Lipinski definition) is 2. The van der Waals surface area contributed by atoms with Crippen LogP contribution in [0.2, 0.25) is 0 Å². The first kappa shape index (κ1) is 13.3. The molecule has 1 atom stereocenters. The van der Waals surface area contributed by atoms with Gasteiger partial charge in [0.15, 0.2) is 0 Å². The first-order valence-electron chi connectivity index (χ1n) is 4.48. The molecule has 0 spiro atoms. The van der Waals surface area contributed by atoms with Gasteiger partial charge < -0.3 is 9.79 Å². The maximum absolute atomic E-state index is 8.71. The molecule has 0 aromatic carbocycles. The standard InChI is InChI=1S/C8H20NO3P/c1-6(2)9(7(3)4)8(5)12-13(10)11/h6-8,10-11H,1-5H3. The molecule has 1 unspecified atom stereocenters. The summed E-state index contributed by atoms with van der Waals surface area (Å²) in [6.07, 6.45) is -0.263. The Morgan fingerprint density at radius 3 is 1.62 bits per heavy atom. The molecule has 0 aromatic rings.